The molecule has 16 heavy (non-hydrogen) atoms. The smallest absolute Gasteiger partial charge is 0.227 e. The highest BCUT2D eigenvalue weighted by molar-refractivity contribution is 5.92. The molecule has 0 aromatic heterocycles. The Morgan fingerprint density at radius 1 is 1.25 bits per heavy atom. The molecule has 90 valence electrons. The average molecular weight is 229 g/mol. The third kappa shape index (κ3) is 4.38. The zero-order chi connectivity index (χ0) is 12.7. The second kappa shape index (κ2) is 6.93. The van der Waals surface area contributed by atoms with Crippen molar-refractivity contribution in [2.45, 2.75) is 27.7 Å². The van der Waals surface area contributed by atoms with Gasteiger partial charge in [0.25, 0.3) is 0 Å². The Labute approximate surface area is 94.7 Å². The second-order valence-corrected chi connectivity index (χ2v) is 3.27. The van der Waals surface area contributed by atoms with Crippen molar-refractivity contribution in [2.24, 2.45) is 5.92 Å². The molecule has 1 N–H and O–H groups in total. The molecule has 1 amide bonds. The van der Waals surface area contributed by atoms with Crippen LogP contribution in [0.5, 0.6) is 0 Å². The van der Waals surface area contributed by atoms with Crippen LogP contribution in [0.3, 0.4) is 0 Å². The summed E-state index contributed by atoms with van der Waals surface area (Å²) in [5.74, 6) is -1.96. The number of benzene rings is 1. The molecule has 0 aliphatic rings. The fourth-order valence-electron chi connectivity index (χ4n) is 0.868. The van der Waals surface area contributed by atoms with E-state index in [0.29, 0.717) is 0 Å². The number of amides is 1. The zero-order valence-electron chi connectivity index (χ0n) is 9.97. The van der Waals surface area contributed by atoms with E-state index in [0.717, 1.165) is 12.1 Å². The Kier molecular flexibility index (Phi) is 6.30. The maximum absolute atomic E-state index is 13.0. The molecule has 0 spiro atoms. The minimum absolute atomic E-state index is 0.00472. The van der Waals surface area contributed by atoms with Crippen LogP contribution < -0.4 is 5.32 Å². The van der Waals surface area contributed by atoms with E-state index >= 15 is 0 Å². The van der Waals surface area contributed by atoms with Crippen LogP contribution in [-0.2, 0) is 4.79 Å². The van der Waals surface area contributed by atoms with Gasteiger partial charge in [-0.3, -0.25) is 4.79 Å². The Morgan fingerprint density at radius 3 is 2.25 bits per heavy atom. The van der Waals surface area contributed by atoms with E-state index < -0.39 is 11.6 Å². The molecular formula is C12H17F2NO. The van der Waals surface area contributed by atoms with Crippen LogP contribution in [0, 0.1) is 17.6 Å². The summed E-state index contributed by atoms with van der Waals surface area (Å²) < 4.78 is 25.5. The van der Waals surface area contributed by atoms with Crippen LogP contribution in [0.2, 0.25) is 0 Å². The number of carbonyl (C=O) groups is 1. The molecule has 1 rings (SSSR count). The monoisotopic (exact) mass is 229 g/mol. The van der Waals surface area contributed by atoms with Crippen molar-refractivity contribution in [3.05, 3.63) is 29.8 Å². The number of hydrogen-bond donors (Lipinski definition) is 1. The van der Waals surface area contributed by atoms with Crippen molar-refractivity contribution in [3.63, 3.8) is 0 Å². The van der Waals surface area contributed by atoms with Crippen LogP contribution >= 0.6 is 0 Å². The van der Waals surface area contributed by atoms with Crippen LogP contribution in [-0.4, -0.2) is 5.91 Å². The first kappa shape index (κ1) is 14.6. The fourth-order valence-corrected chi connectivity index (χ4v) is 0.868. The summed E-state index contributed by atoms with van der Waals surface area (Å²) >= 11 is 0. The Hall–Kier alpha value is -1.45. The molecule has 0 bridgehead atoms. The van der Waals surface area contributed by atoms with Gasteiger partial charge in [-0.2, -0.15) is 0 Å². The second-order valence-electron chi connectivity index (χ2n) is 3.27. The first-order valence-electron chi connectivity index (χ1n) is 5.26. The van der Waals surface area contributed by atoms with E-state index in [9.17, 15) is 13.6 Å². The molecule has 2 nitrogen and oxygen atoms in total. The van der Waals surface area contributed by atoms with Gasteiger partial charge in [0.05, 0.1) is 5.69 Å². The third-order valence-corrected chi connectivity index (χ3v) is 1.71. The molecule has 1 aromatic rings. The molecule has 0 aliphatic carbocycles. The molecule has 0 saturated carbocycles. The highest BCUT2D eigenvalue weighted by atomic mass is 19.1. The van der Waals surface area contributed by atoms with Gasteiger partial charge in [-0.25, -0.2) is 8.78 Å². The molecule has 0 fully saturated rings. The molecule has 0 radical (unpaired) electrons. The summed E-state index contributed by atoms with van der Waals surface area (Å²) in [6.45, 7) is 7.38. The number of nitrogens with one attached hydrogen (secondary N) is 1. The minimum atomic E-state index is -0.765. The zero-order valence-corrected chi connectivity index (χ0v) is 9.97. The topological polar surface area (TPSA) is 29.1 Å². The normalized spacial score (nSPS) is 9.44. The van der Waals surface area contributed by atoms with E-state index in [4.69, 9.17) is 0 Å². The fraction of sp³-hybridized carbons (Fsp3) is 0.417. The number of halogens is 2. The van der Waals surface area contributed by atoms with Gasteiger partial charge in [-0.1, -0.05) is 27.7 Å². The highest BCUT2D eigenvalue weighted by Gasteiger charge is 2.10. The van der Waals surface area contributed by atoms with Gasteiger partial charge in [-0.05, 0) is 12.1 Å². The van der Waals surface area contributed by atoms with Gasteiger partial charge in [0.15, 0.2) is 0 Å². The predicted octanol–water partition coefficient (Wildman–Crippen LogP) is 3.59. The molecule has 0 atom stereocenters. The standard InChI is InChI=1S/C10H11F2NO.C2H6/c1-6(2)10(14)13-9-4-3-7(11)5-8(9)12;1-2/h3-6H,1-2H3,(H,13,14);1-2H3. The summed E-state index contributed by atoms with van der Waals surface area (Å²) in [6.07, 6.45) is 0. The van der Waals surface area contributed by atoms with E-state index in [1.54, 1.807) is 13.8 Å². The number of anilines is 1. The Bertz CT molecular complexity index is 351. The van der Waals surface area contributed by atoms with E-state index in [1.165, 1.54) is 6.07 Å². The lowest BCUT2D eigenvalue weighted by Gasteiger charge is -2.08. The van der Waals surface area contributed by atoms with Crippen LogP contribution in [0.4, 0.5) is 14.5 Å². The SMILES string of the molecule is CC.CC(C)C(=O)Nc1ccc(F)cc1F. The van der Waals surface area contributed by atoms with Crippen LogP contribution in [0.25, 0.3) is 0 Å². The summed E-state index contributed by atoms with van der Waals surface area (Å²) in [5, 5.41) is 2.36. The van der Waals surface area contributed by atoms with Crippen molar-refractivity contribution in [1.82, 2.24) is 0 Å². The summed E-state index contributed by atoms with van der Waals surface area (Å²) in [5.41, 5.74) is 0.00472. The number of hydrogen-bond acceptors (Lipinski definition) is 1. The first-order chi connectivity index (χ1) is 7.50. The number of rotatable bonds is 2. The van der Waals surface area contributed by atoms with Crippen molar-refractivity contribution >= 4 is 11.6 Å². The van der Waals surface area contributed by atoms with Gasteiger partial charge in [-0.15, -0.1) is 0 Å². The maximum atomic E-state index is 13.0. The van der Waals surface area contributed by atoms with Gasteiger partial charge < -0.3 is 5.32 Å². The predicted molar refractivity (Wildman–Crippen MR) is 61.2 cm³/mol. The van der Waals surface area contributed by atoms with Crippen LogP contribution in [0.15, 0.2) is 18.2 Å². The number of carbonyl (C=O) groups excluding carboxylic acids is 1. The van der Waals surface area contributed by atoms with Crippen molar-refractivity contribution in [3.8, 4) is 0 Å². The Balaban J connectivity index is 0.00000106. The summed E-state index contributed by atoms with van der Waals surface area (Å²) in [6, 6.07) is 3.03. The van der Waals surface area contributed by atoms with Crippen molar-refractivity contribution in [2.75, 3.05) is 5.32 Å². The lowest BCUT2D eigenvalue weighted by Crippen LogP contribution is -2.18. The molecule has 4 heteroatoms. The van der Waals surface area contributed by atoms with Crippen molar-refractivity contribution in [1.29, 1.82) is 0 Å². The largest absolute Gasteiger partial charge is 0.323 e. The molecule has 0 saturated heterocycles. The molecule has 0 unspecified atom stereocenters. The van der Waals surface area contributed by atoms with Gasteiger partial charge in [0, 0.05) is 12.0 Å². The highest BCUT2D eigenvalue weighted by Crippen LogP contribution is 2.15. The average Bonchev–Trinajstić information content (AvgIpc) is 2.25. The van der Waals surface area contributed by atoms with E-state index in [2.05, 4.69) is 5.32 Å². The maximum Gasteiger partial charge on any atom is 0.227 e. The quantitative estimate of drug-likeness (QED) is 0.825. The van der Waals surface area contributed by atoms with Crippen LogP contribution in [0.1, 0.15) is 27.7 Å². The molecule has 1 aromatic carbocycles. The molecular weight excluding hydrogens is 212 g/mol. The summed E-state index contributed by atoms with van der Waals surface area (Å²) in [7, 11) is 0. The third-order valence-electron chi connectivity index (χ3n) is 1.71. The lowest BCUT2D eigenvalue weighted by atomic mass is 10.2. The molecule has 0 aliphatic heterocycles. The van der Waals surface area contributed by atoms with Gasteiger partial charge in [0.2, 0.25) is 5.91 Å². The van der Waals surface area contributed by atoms with Gasteiger partial charge >= 0.3 is 0 Å². The van der Waals surface area contributed by atoms with Crippen molar-refractivity contribution < 1.29 is 13.6 Å². The van der Waals surface area contributed by atoms with Gasteiger partial charge in [0.1, 0.15) is 11.6 Å². The summed E-state index contributed by atoms with van der Waals surface area (Å²) in [4.78, 5) is 11.2. The minimum Gasteiger partial charge on any atom is -0.323 e. The van der Waals surface area contributed by atoms with E-state index in [1.807, 2.05) is 13.8 Å². The molecule has 0 heterocycles. The van der Waals surface area contributed by atoms with E-state index in [-0.39, 0.29) is 17.5 Å². The first-order valence-corrected chi connectivity index (χ1v) is 5.26. The Morgan fingerprint density at radius 2 is 1.81 bits per heavy atom. The lowest BCUT2D eigenvalue weighted by molar-refractivity contribution is -0.118.